The largest absolute Gasteiger partial charge is 0.398 e. The molecular formula is C13H22N2O2. The first kappa shape index (κ1) is 13.8. The normalized spacial score (nSPS) is 10.5. The number of nitrogen functional groups attached to an aromatic ring is 1. The number of methoxy groups -OCH3 is 1. The highest BCUT2D eigenvalue weighted by molar-refractivity contribution is 5.60. The van der Waals surface area contributed by atoms with Gasteiger partial charge in [0.15, 0.2) is 0 Å². The number of anilines is 2. The van der Waals surface area contributed by atoms with Crippen molar-refractivity contribution in [3.05, 3.63) is 23.8 Å². The lowest BCUT2D eigenvalue weighted by Crippen LogP contribution is -2.30. The van der Waals surface area contributed by atoms with Gasteiger partial charge in [-0.3, -0.25) is 0 Å². The highest BCUT2D eigenvalue weighted by atomic mass is 16.5. The molecule has 0 atom stereocenters. The van der Waals surface area contributed by atoms with Gasteiger partial charge in [-0.1, -0.05) is 13.0 Å². The van der Waals surface area contributed by atoms with Crippen LogP contribution in [-0.4, -0.2) is 38.5 Å². The summed E-state index contributed by atoms with van der Waals surface area (Å²) in [5.74, 6) is 0. The molecule has 3 N–H and O–H groups in total. The molecule has 1 aromatic carbocycles. The number of aryl methyl sites for hydroxylation is 1. The molecule has 0 spiro atoms. The maximum atomic E-state index is 9.05. The average Bonchev–Trinajstić information content (AvgIpc) is 2.34. The molecule has 1 rings (SSSR count). The molecule has 0 radical (unpaired) electrons. The van der Waals surface area contributed by atoms with E-state index in [1.165, 1.54) is 0 Å². The second kappa shape index (κ2) is 7.14. The van der Waals surface area contributed by atoms with Crippen molar-refractivity contribution >= 4 is 11.4 Å². The third kappa shape index (κ3) is 3.91. The Labute approximate surface area is 103 Å². The van der Waals surface area contributed by atoms with Crippen molar-refractivity contribution in [2.75, 3.05) is 44.0 Å². The van der Waals surface area contributed by atoms with Crippen molar-refractivity contribution in [2.24, 2.45) is 0 Å². The van der Waals surface area contributed by atoms with Gasteiger partial charge in [-0.05, 0) is 24.1 Å². The number of nitrogens with zero attached hydrogens (tertiary/aromatic N) is 1. The van der Waals surface area contributed by atoms with Gasteiger partial charge in [0.25, 0.3) is 0 Å². The molecule has 4 nitrogen and oxygen atoms in total. The summed E-state index contributed by atoms with van der Waals surface area (Å²) in [6, 6.07) is 6.05. The Morgan fingerprint density at radius 1 is 1.35 bits per heavy atom. The van der Waals surface area contributed by atoms with E-state index in [-0.39, 0.29) is 6.61 Å². The number of hydrogen-bond acceptors (Lipinski definition) is 4. The van der Waals surface area contributed by atoms with Crippen LogP contribution in [0.4, 0.5) is 11.4 Å². The van der Waals surface area contributed by atoms with Crippen LogP contribution in [-0.2, 0) is 11.2 Å². The summed E-state index contributed by atoms with van der Waals surface area (Å²) in [6.45, 7) is 4.19. The minimum Gasteiger partial charge on any atom is -0.398 e. The highest BCUT2D eigenvalue weighted by Crippen LogP contribution is 2.21. The Morgan fingerprint density at radius 3 is 2.65 bits per heavy atom. The number of ether oxygens (including phenoxy) is 1. The van der Waals surface area contributed by atoms with Gasteiger partial charge in [-0.15, -0.1) is 0 Å². The summed E-state index contributed by atoms with van der Waals surface area (Å²) in [5, 5.41) is 9.05. The Hall–Kier alpha value is -1.26. The number of aliphatic hydroxyl groups is 1. The predicted octanol–water partition coefficient (Wildman–Crippen LogP) is 1.28. The van der Waals surface area contributed by atoms with E-state index in [0.717, 1.165) is 29.9 Å². The van der Waals surface area contributed by atoms with Gasteiger partial charge >= 0.3 is 0 Å². The van der Waals surface area contributed by atoms with E-state index in [9.17, 15) is 0 Å². The van der Waals surface area contributed by atoms with Crippen LogP contribution in [0.15, 0.2) is 18.2 Å². The molecule has 0 amide bonds. The molecule has 0 aliphatic rings. The zero-order chi connectivity index (χ0) is 12.7. The Morgan fingerprint density at radius 2 is 2.12 bits per heavy atom. The fourth-order valence-corrected chi connectivity index (χ4v) is 1.79. The van der Waals surface area contributed by atoms with Gasteiger partial charge < -0.3 is 20.5 Å². The average molecular weight is 238 g/mol. The van der Waals surface area contributed by atoms with Gasteiger partial charge in [0.2, 0.25) is 0 Å². The first-order valence-electron chi connectivity index (χ1n) is 5.96. The summed E-state index contributed by atoms with van der Waals surface area (Å²) < 4.78 is 5.06. The molecule has 0 saturated carbocycles. The Balaban J connectivity index is 2.82. The zero-order valence-corrected chi connectivity index (χ0v) is 10.6. The summed E-state index contributed by atoms with van der Waals surface area (Å²) >= 11 is 0. The van der Waals surface area contributed by atoms with Crippen LogP contribution in [0.3, 0.4) is 0 Å². The number of nitrogens with two attached hydrogens (primary N) is 1. The van der Waals surface area contributed by atoms with Crippen LogP contribution >= 0.6 is 0 Å². The minimum atomic E-state index is 0.124. The lowest BCUT2D eigenvalue weighted by atomic mass is 10.1. The van der Waals surface area contributed by atoms with E-state index < -0.39 is 0 Å². The van der Waals surface area contributed by atoms with Crippen LogP contribution < -0.4 is 10.6 Å². The van der Waals surface area contributed by atoms with E-state index >= 15 is 0 Å². The number of rotatable bonds is 7. The second-order valence-electron chi connectivity index (χ2n) is 3.94. The number of aliphatic hydroxyl groups excluding tert-OH is 1. The third-order valence-electron chi connectivity index (χ3n) is 2.81. The minimum absolute atomic E-state index is 0.124. The molecule has 0 aliphatic carbocycles. The SMILES string of the molecule is CCc1ccc(N(CCO)CCOC)cc1N. The zero-order valence-electron chi connectivity index (χ0n) is 10.6. The van der Waals surface area contributed by atoms with Crippen molar-refractivity contribution < 1.29 is 9.84 Å². The van der Waals surface area contributed by atoms with E-state index in [2.05, 4.69) is 11.8 Å². The van der Waals surface area contributed by atoms with Gasteiger partial charge in [0.05, 0.1) is 13.2 Å². The van der Waals surface area contributed by atoms with Crippen molar-refractivity contribution in [2.45, 2.75) is 13.3 Å². The molecular weight excluding hydrogens is 216 g/mol. The fourth-order valence-electron chi connectivity index (χ4n) is 1.79. The second-order valence-corrected chi connectivity index (χ2v) is 3.94. The van der Waals surface area contributed by atoms with Crippen LogP contribution in [0.25, 0.3) is 0 Å². The van der Waals surface area contributed by atoms with Gasteiger partial charge in [0.1, 0.15) is 0 Å². The van der Waals surface area contributed by atoms with E-state index in [1.54, 1.807) is 7.11 Å². The highest BCUT2D eigenvalue weighted by Gasteiger charge is 2.07. The van der Waals surface area contributed by atoms with Crippen LogP contribution in [0.1, 0.15) is 12.5 Å². The molecule has 0 saturated heterocycles. The van der Waals surface area contributed by atoms with Gasteiger partial charge in [0, 0.05) is 31.6 Å². The van der Waals surface area contributed by atoms with E-state index in [4.69, 9.17) is 15.6 Å². The van der Waals surface area contributed by atoms with Crippen LogP contribution in [0.5, 0.6) is 0 Å². The van der Waals surface area contributed by atoms with Crippen LogP contribution in [0, 0.1) is 0 Å². The lowest BCUT2D eigenvalue weighted by molar-refractivity contribution is 0.203. The molecule has 0 heterocycles. The lowest BCUT2D eigenvalue weighted by Gasteiger charge is -2.24. The monoisotopic (exact) mass is 238 g/mol. The van der Waals surface area contributed by atoms with Crippen molar-refractivity contribution in [1.29, 1.82) is 0 Å². The third-order valence-corrected chi connectivity index (χ3v) is 2.81. The van der Waals surface area contributed by atoms with E-state index in [0.29, 0.717) is 13.2 Å². The van der Waals surface area contributed by atoms with Crippen molar-refractivity contribution in [1.82, 2.24) is 0 Å². The molecule has 0 aromatic heterocycles. The van der Waals surface area contributed by atoms with Gasteiger partial charge in [-0.25, -0.2) is 0 Å². The molecule has 0 aliphatic heterocycles. The smallest absolute Gasteiger partial charge is 0.0637 e. The molecule has 96 valence electrons. The quantitative estimate of drug-likeness (QED) is 0.702. The summed E-state index contributed by atoms with van der Waals surface area (Å²) in [4.78, 5) is 2.07. The van der Waals surface area contributed by atoms with Crippen molar-refractivity contribution in [3.63, 3.8) is 0 Å². The van der Waals surface area contributed by atoms with Crippen molar-refractivity contribution in [3.8, 4) is 0 Å². The summed E-state index contributed by atoms with van der Waals surface area (Å²) in [7, 11) is 1.67. The maximum Gasteiger partial charge on any atom is 0.0637 e. The topological polar surface area (TPSA) is 58.7 Å². The van der Waals surface area contributed by atoms with E-state index in [1.807, 2.05) is 18.2 Å². The first-order valence-corrected chi connectivity index (χ1v) is 5.96. The molecule has 1 aromatic rings. The first-order chi connectivity index (χ1) is 8.22. The van der Waals surface area contributed by atoms with Crippen LogP contribution in [0.2, 0.25) is 0 Å². The number of benzene rings is 1. The van der Waals surface area contributed by atoms with Gasteiger partial charge in [-0.2, -0.15) is 0 Å². The summed E-state index contributed by atoms with van der Waals surface area (Å²) in [5.41, 5.74) is 8.97. The molecule has 4 heteroatoms. The molecule has 0 unspecified atom stereocenters. The molecule has 0 bridgehead atoms. The molecule has 17 heavy (non-hydrogen) atoms. The fraction of sp³-hybridized carbons (Fsp3) is 0.538. The standard InChI is InChI=1S/C13H22N2O2/c1-3-11-4-5-12(10-13(11)14)15(6-8-16)7-9-17-2/h4-5,10,16H,3,6-9,14H2,1-2H3. The molecule has 0 fully saturated rings. The Kier molecular flexibility index (Phi) is 5.80. The Bertz CT molecular complexity index is 342. The maximum absolute atomic E-state index is 9.05. The predicted molar refractivity (Wildman–Crippen MR) is 71.4 cm³/mol. The number of hydrogen-bond donors (Lipinski definition) is 2. The summed E-state index contributed by atoms with van der Waals surface area (Å²) in [6.07, 6.45) is 0.935.